The largest absolute Gasteiger partial charge is 0.497 e. The van der Waals surface area contributed by atoms with Gasteiger partial charge >= 0.3 is 0 Å². The average Bonchev–Trinajstić information content (AvgIpc) is 2.77. The number of rotatable bonds is 8. The monoisotopic (exact) mass is 424 g/mol. The van der Waals surface area contributed by atoms with Crippen LogP contribution in [-0.4, -0.2) is 55.0 Å². The Morgan fingerprint density at radius 1 is 1.06 bits per heavy atom. The van der Waals surface area contributed by atoms with Crippen LogP contribution >= 0.6 is 0 Å². The number of carbonyl (C=O) groups is 2. The van der Waals surface area contributed by atoms with Crippen LogP contribution in [0, 0.1) is 5.92 Å². The maximum absolute atomic E-state index is 13.3. The van der Waals surface area contributed by atoms with Crippen LogP contribution in [0.15, 0.2) is 48.5 Å². The van der Waals surface area contributed by atoms with Gasteiger partial charge in [-0.1, -0.05) is 38.1 Å². The highest BCUT2D eigenvalue weighted by molar-refractivity contribution is 5.88. The Morgan fingerprint density at radius 3 is 2.35 bits per heavy atom. The van der Waals surface area contributed by atoms with E-state index in [-0.39, 0.29) is 17.7 Å². The highest BCUT2D eigenvalue weighted by Crippen LogP contribution is 2.26. The summed E-state index contributed by atoms with van der Waals surface area (Å²) in [6.07, 6.45) is 0.985. The molecule has 1 heterocycles. The summed E-state index contributed by atoms with van der Waals surface area (Å²) in [5.74, 6) is 1.72. The first-order chi connectivity index (χ1) is 14.9. The molecule has 1 aliphatic rings. The Balaban J connectivity index is 1.65. The highest BCUT2D eigenvalue weighted by atomic mass is 16.5. The van der Waals surface area contributed by atoms with E-state index < -0.39 is 6.04 Å². The summed E-state index contributed by atoms with van der Waals surface area (Å²) in [7, 11) is 3.39. The second-order valence-corrected chi connectivity index (χ2v) is 8.39. The first-order valence-corrected chi connectivity index (χ1v) is 10.8. The third-order valence-corrected chi connectivity index (χ3v) is 5.57. The second-order valence-electron chi connectivity index (χ2n) is 8.39. The van der Waals surface area contributed by atoms with E-state index in [0.29, 0.717) is 32.5 Å². The molecule has 0 radical (unpaired) electrons. The number of fused-ring (bicyclic) bond motifs is 1. The number of methoxy groups -OCH3 is 1. The van der Waals surface area contributed by atoms with Crippen molar-refractivity contribution in [2.75, 3.05) is 27.3 Å². The molecule has 2 aromatic rings. The third kappa shape index (κ3) is 5.78. The van der Waals surface area contributed by atoms with Crippen molar-refractivity contribution in [3.8, 4) is 11.5 Å². The molecule has 1 unspecified atom stereocenters. The number of likely N-dealkylation sites (N-methyl/N-ethyl adjacent to an activating group) is 1. The molecule has 6 nitrogen and oxygen atoms in total. The SMILES string of the molecule is COc1ccc(OCCN(C)C(=O)C2Cc3ccccc3CN2C(=O)CC(C)C)cc1. The molecule has 166 valence electrons. The molecule has 1 atom stereocenters. The topological polar surface area (TPSA) is 59.1 Å². The van der Waals surface area contributed by atoms with Gasteiger partial charge in [-0.15, -0.1) is 0 Å². The van der Waals surface area contributed by atoms with Gasteiger partial charge in [0.1, 0.15) is 24.1 Å². The van der Waals surface area contributed by atoms with Crippen molar-refractivity contribution in [3.05, 3.63) is 59.7 Å². The Labute approximate surface area is 184 Å². The minimum atomic E-state index is -0.480. The molecule has 0 aromatic heterocycles. The standard InChI is InChI=1S/C25H32N2O4/c1-18(2)15-24(28)27-17-20-8-6-5-7-19(20)16-23(27)25(29)26(3)13-14-31-22-11-9-21(30-4)10-12-22/h5-12,18,23H,13-17H2,1-4H3. The van der Waals surface area contributed by atoms with Gasteiger partial charge in [0.2, 0.25) is 11.8 Å². The molecular weight excluding hydrogens is 392 g/mol. The molecule has 0 saturated heterocycles. The number of ether oxygens (including phenoxy) is 2. The Kier molecular flexibility index (Phi) is 7.55. The molecule has 3 rings (SSSR count). The Morgan fingerprint density at radius 2 is 1.71 bits per heavy atom. The molecule has 6 heteroatoms. The lowest BCUT2D eigenvalue weighted by Gasteiger charge is -2.38. The van der Waals surface area contributed by atoms with Gasteiger partial charge in [0.05, 0.1) is 13.7 Å². The zero-order valence-corrected chi connectivity index (χ0v) is 18.8. The van der Waals surface area contributed by atoms with E-state index >= 15 is 0 Å². The molecule has 0 fully saturated rings. The van der Waals surface area contributed by atoms with Crippen molar-refractivity contribution in [1.29, 1.82) is 0 Å². The summed E-state index contributed by atoms with van der Waals surface area (Å²) in [5, 5.41) is 0. The second kappa shape index (κ2) is 10.3. The normalized spacial score (nSPS) is 15.4. The first-order valence-electron chi connectivity index (χ1n) is 10.8. The van der Waals surface area contributed by atoms with E-state index in [1.165, 1.54) is 0 Å². The summed E-state index contributed by atoms with van der Waals surface area (Å²) in [6.45, 7) is 5.34. The predicted molar refractivity (Wildman–Crippen MR) is 120 cm³/mol. The summed E-state index contributed by atoms with van der Waals surface area (Å²) in [5.41, 5.74) is 2.26. The maximum Gasteiger partial charge on any atom is 0.245 e. The highest BCUT2D eigenvalue weighted by Gasteiger charge is 2.35. The van der Waals surface area contributed by atoms with Crippen LogP contribution in [0.4, 0.5) is 0 Å². The van der Waals surface area contributed by atoms with Gasteiger partial charge in [-0.2, -0.15) is 0 Å². The lowest BCUT2D eigenvalue weighted by Crippen LogP contribution is -2.53. The van der Waals surface area contributed by atoms with Crippen LogP contribution in [0.25, 0.3) is 0 Å². The van der Waals surface area contributed by atoms with E-state index in [4.69, 9.17) is 9.47 Å². The van der Waals surface area contributed by atoms with Crippen molar-refractivity contribution in [2.24, 2.45) is 5.92 Å². The lowest BCUT2D eigenvalue weighted by atomic mass is 9.92. The minimum absolute atomic E-state index is 0.0331. The zero-order valence-electron chi connectivity index (χ0n) is 18.8. The summed E-state index contributed by atoms with van der Waals surface area (Å²) in [6, 6.07) is 14.9. The fraction of sp³-hybridized carbons (Fsp3) is 0.440. The van der Waals surface area contributed by atoms with Crippen molar-refractivity contribution >= 4 is 11.8 Å². The van der Waals surface area contributed by atoms with Crippen LogP contribution < -0.4 is 9.47 Å². The Hall–Kier alpha value is -3.02. The summed E-state index contributed by atoms with van der Waals surface area (Å²) < 4.78 is 10.9. The van der Waals surface area contributed by atoms with E-state index in [2.05, 4.69) is 0 Å². The molecule has 1 aliphatic heterocycles. The molecule has 0 saturated carbocycles. The molecule has 31 heavy (non-hydrogen) atoms. The van der Waals surface area contributed by atoms with Crippen LogP contribution in [0.2, 0.25) is 0 Å². The fourth-order valence-electron chi connectivity index (χ4n) is 3.81. The van der Waals surface area contributed by atoms with E-state index in [9.17, 15) is 9.59 Å². The lowest BCUT2D eigenvalue weighted by molar-refractivity contribution is -0.147. The van der Waals surface area contributed by atoms with Crippen molar-refractivity contribution in [2.45, 2.75) is 39.3 Å². The van der Waals surface area contributed by atoms with Gasteiger partial charge in [-0.25, -0.2) is 0 Å². The first kappa shape index (κ1) is 22.7. The number of benzene rings is 2. The third-order valence-electron chi connectivity index (χ3n) is 5.57. The Bertz CT molecular complexity index is 895. The van der Waals surface area contributed by atoms with Gasteiger partial charge in [0.25, 0.3) is 0 Å². The van der Waals surface area contributed by atoms with E-state index in [1.54, 1.807) is 24.0 Å². The molecule has 0 N–H and O–H groups in total. The van der Waals surface area contributed by atoms with Crippen molar-refractivity contribution < 1.29 is 19.1 Å². The van der Waals surface area contributed by atoms with Crippen molar-refractivity contribution in [3.63, 3.8) is 0 Å². The molecule has 2 aromatic carbocycles. The van der Waals surface area contributed by atoms with E-state index in [1.807, 2.05) is 62.4 Å². The van der Waals surface area contributed by atoms with Gasteiger partial charge in [-0.05, 0) is 41.3 Å². The van der Waals surface area contributed by atoms with Gasteiger partial charge < -0.3 is 19.3 Å². The van der Waals surface area contributed by atoms with Gasteiger partial charge in [0, 0.05) is 26.4 Å². The van der Waals surface area contributed by atoms with Crippen molar-refractivity contribution in [1.82, 2.24) is 9.80 Å². The number of hydrogen-bond acceptors (Lipinski definition) is 4. The fourth-order valence-corrected chi connectivity index (χ4v) is 3.81. The van der Waals surface area contributed by atoms with Crippen LogP contribution in [0.5, 0.6) is 11.5 Å². The smallest absolute Gasteiger partial charge is 0.245 e. The molecule has 0 bridgehead atoms. The average molecular weight is 425 g/mol. The van der Waals surface area contributed by atoms with Gasteiger partial charge in [0.15, 0.2) is 0 Å². The zero-order chi connectivity index (χ0) is 22.4. The van der Waals surface area contributed by atoms with Gasteiger partial charge in [-0.3, -0.25) is 9.59 Å². The van der Waals surface area contributed by atoms with E-state index in [0.717, 1.165) is 22.6 Å². The summed E-state index contributed by atoms with van der Waals surface area (Å²) >= 11 is 0. The maximum atomic E-state index is 13.3. The van der Waals surface area contributed by atoms with Crippen LogP contribution in [0.1, 0.15) is 31.4 Å². The van der Waals surface area contributed by atoms with Crippen LogP contribution in [0.3, 0.4) is 0 Å². The minimum Gasteiger partial charge on any atom is -0.497 e. The number of carbonyl (C=O) groups excluding carboxylic acids is 2. The molecule has 0 spiro atoms. The number of hydrogen-bond donors (Lipinski definition) is 0. The molecule has 0 aliphatic carbocycles. The quantitative estimate of drug-likeness (QED) is 0.651. The molecule has 2 amide bonds. The molecular formula is C25H32N2O4. The predicted octanol–water partition coefficient (Wildman–Crippen LogP) is 3.53. The number of amides is 2. The number of nitrogens with zero attached hydrogens (tertiary/aromatic N) is 2. The summed E-state index contributed by atoms with van der Waals surface area (Å²) in [4.78, 5) is 29.6. The van der Waals surface area contributed by atoms with Crippen LogP contribution in [-0.2, 0) is 22.6 Å².